The van der Waals surface area contributed by atoms with Gasteiger partial charge in [0, 0.05) is 12.5 Å². The second-order valence-corrected chi connectivity index (χ2v) is 4.82. The summed E-state index contributed by atoms with van der Waals surface area (Å²) < 4.78 is 0. The van der Waals surface area contributed by atoms with Gasteiger partial charge in [0.05, 0.1) is 0 Å². The molecule has 0 aliphatic heterocycles. The van der Waals surface area contributed by atoms with E-state index in [1.54, 1.807) is 36.4 Å². The molecule has 126 valence electrons. The largest absolute Gasteiger partial charge is 0.508 e. The van der Waals surface area contributed by atoms with Crippen molar-refractivity contribution in [2.75, 3.05) is 0 Å². The highest BCUT2D eigenvalue weighted by Crippen LogP contribution is 2.11. The van der Waals surface area contributed by atoms with E-state index in [9.17, 15) is 9.59 Å². The molecule has 2 rings (SSSR count). The maximum atomic E-state index is 10.2. The highest BCUT2D eigenvalue weighted by molar-refractivity contribution is 5.85. The SMILES string of the molecule is O=C(O)C=Cc1ccc(O)cc1.O=C(O)CCc1ccc(O)cc1. The minimum Gasteiger partial charge on any atom is -0.508 e. The molecule has 0 saturated heterocycles. The first-order valence-corrected chi connectivity index (χ1v) is 7.06. The van der Waals surface area contributed by atoms with Crippen LogP contribution in [0.2, 0.25) is 0 Å². The summed E-state index contributed by atoms with van der Waals surface area (Å²) in [7, 11) is 0. The number of phenols is 2. The van der Waals surface area contributed by atoms with E-state index < -0.39 is 11.9 Å². The number of benzene rings is 2. The van der Waals surface area contributed by atoms with Gasteiger partial charge in [0.25, 0.3) is 0 Å². The summed E-state index contributed by atoms with van der Waals surface area (Å²) in [5.41, 5.74) is 1.67. The summed E-state index contributed by atoms with van der Waals surface area (Å²) in [5, 5.41) is 34.5. The van der Waals surface area contributed by atoms with E-state index in [4.69, 9.17) is 20.4 Å². The normalized spacial score (nSPS) is 10.0. The first-order chi connectivity index (χ1) is 11.4. The third-order valence-corrected chi connectivity index (χ3v) is 2.88. The Balaban J connectivity index is 0.000000240. The number of aliphatic carboxylic acids is 2. The molecule has 24 heavy (non-hydrogen) atoms. The molecule has 0 saturated carbocycles. The van der Waals surface area contributed by atoms with E-state index in [0.717, 1.165) is 17.2 Å². The lowest BCUT2D eigenvalue weighted by atomic mass is 10.1. The first-order valence-electron chi connectivity index (χ1n) is 7.06. The summed E-state index contributed by atoms with van der Waals surface area (Å²) in [5.74, 6) is -1.41. The molecule has 0 spiro atoms. The lowest BCUT2D eigenvalue weighted by Gasteiger charge is -1.97. The van der Waals surface area contributed by atoms with Gasteiger partial charge in [0.15, 0.2) is 0 Å². The third-order valence-electron chi connectivity index (χ3n) is 2.88. The van der Waals surface area contributed by atoms with Crippen LogP contribution in [0.5, 0.6) is 11.5 Å². The van der Waals surface area contributed by atoms with E-state index in [-0.39, 0.29) is 17.9 Å². The van der Waals surface area contributed by atoms with Crippen molar-refractivity contribution in [1.29, 1.82) is 0 Å². The van der Waals surface area contributed by atoms with Crippen molar-refractivity contribution in [2.24, 2.45) is 0 Å². The molecule has 0 atom stereocenters. The van der Waals surface area contributed by atoms with Crippen molar-refractivity contribution in [3.63, 3.8) is 0 Å². The van der Waals surface area contributed by atoms with Crippen molar-refractivity contribution in [3.8, 4) is 11.5 Å². The van der Waals surface area contributed by atoms with Crippen LogP contribution >= 0.6 is 0 Å². The molecule has 0 amide bonds. The van der Waals surface area contributed by atoms with Gasteiger partial charge in [-0.3, -0.25) is 4.79 Å². The summed E-state index contributed by atoms with van der Waals surface area (Å²) in [6, 6.07) is 12.8. The van der Waals surface area contributed by atoms with Crippen LogP contribution in [0.15, 0.2) is 54.6 Å². The number of carboxylic acid groups (broad SMARTS) is 2. The number of hydrogen-bond donors (Lipinski definition) is 4. The maximum Gasteiger partial charge on any atom is 0.328 e. The van der Waals surface area contributed by atoms with E-state index in [1.807, 2.05) is 0 Å². The molecule has 2 aromatic carbocycles. The van der Waals surface area contributed by atoms with Crippen LogP contribution in [0.25, 0.3) is 6.08 Å². The fraction of sp³-hybridized carbons (Fsp3) is 0.111. The van der Waals surface area contributed by atoms with Gasteiger partial charge in [0.2, 0.25) is 0 Å². The number of carbonyl (C=O) groups is 2. The molecular weight excluding hydrogens is 312 g/mol. The Hall–Kier alpha value is -3.28. The fourth-order valence-corrected chi connectivity index (χ4v) is 1.67. The highest BCUT2D eigenvalue weighted by atomic mass is 16.4. The molecule has 0 heterocycles. The lowest BCUT2D eigenvalue weighted by Crippen LogP contribution is -1.96. The highest BCUT2D eigenvalue weighted by Gasteiger charge is 1.98. The third kappa shape index (κ3) is 8.23. The van der Waals surface area contributed by atoms with Crippen molar-refractivity contribution < 1.29 is 30.0 Å². The van der Waals surface area contributed by atoms with Crippen LogP contribution in [-0.2, 0) is 16.0 Å². The van der Waals surface area contributed by atoms with Gasteiger partial charge in [-0.15, -0.1) is 0 Å². The summed E-state index contributed by atoms with van der Waals surface area (Å²) in [4.78, 5) is 20.3. The van der Waals surface area contributed by atoms with Crippen molar-refractivity contribution in [2.45, 2.75) is 12.8 Å². The van der Waals surface area contributed by atoms with Gasteiger partial charge in [-0.25, -0.2) is 4.79 Å². The van der Waals surface area contributed by atoms with Gasteiger partial charge in [-0.2, -0.15) is 0 Å². The zero-order chi connectivity index (χ0) is 17.9. The zero-order valence-corrected chi connectivity index (χ0v) is 12.8. The molecular formula is C18H18O6. The fourth-order valence-electron chi connectivity index (χ4n) is 1.67. The topological polar surface area (TPSA) is 115 Å². The van der Waals surface area contributed by atoms with Gasteiger partial charge >= 0.3 is 11.9 Å². The van der Waals surface area contributed by atoms with Crippen molar-refractivity contribution in [3.05, 3.63) is 65.7 Å². The molecule has 6 nitrogen and oxygen atoms in total. The van der Waals surface area contributed by atoms with E-state index in [0.29, 0.717) is 6.42 Å². The average Bonchev–Trinajstić information content (AvgIpc) is 2.54. The van der Waals surface area contributed by atoms with Crippen LogP contribution in [-0.4, -0.2) is 32.4 Å². The summed E-state index contributed by atoms with van der Waals surface area (Å²) in [6.07, 6.45) is 3.15. The standard InChI is InChI=1S/C9H10O3.C9H8O3/c2*10-8-4-1-7(2-5-8)3-6-9(11)12/h1-2,4-5,10H,3,6H2,(H,11,12);1-6,10H,(H,11,12). The first kappa shape index (κ1) is 18.8. The number of aromatic hydroxyl groups is 2. The van der Waals surface area contributed by atoms with Gasteiger partial charge in [-0.1, -0.05) is 24.3 Å². The number of carboxylic acids is 2. The molecule has 0 aromatic heterocycles. The van der Waals surface area contributed by atoms with Crippen LogP contribution in [0.4, 0.5) is 0 Å². The Bertz CT molecular complexity index is 686. The molecule has 4 N–H and O–H groups in total. The Labute approximate surface area is 138 Å². The monoisotopic (exact) mass is 330 g/mol. The van der Waals surface area contributed by atoms with E-state index >= 15 is 0 Å². The van der Waals surface area contributed by atoms with E-state index in [2.05, 4.69) is 0 Å². The Morgan fingerprint density at radius 2 is 1.33 bits per heavy atom. The maximum absolute atomic E-state index is 10.2. The summed E-state index contributed by atoms with van der Waals surface area (Å²) >= 11 is 0. The van der Waals surface area contributed by atoms with Crippen LogP contribution in [0.1, 0.15) is 17.5 Å². The quantitative estimate of drug-likeness (QED) is 0.627. The minimum atomic E-state index is -0.983. The van der Waals surface area contributed by atoms with Crippen LogP contribution in [0.3, 0.4) is 0 Å². The molecule has 2 aromatic rings. The molecule has 0 aliphatic rings. The average molecular weight is 330 g/mol. The number of aryl methyl sites for hydroxylation is 1. The minimum absolute atomic E-state index is 0.130. The summed E-state index contributed by atoms with van der Waals surface area (Å²) in [6.45, 7) is 0. The van der Waals surface area contributed by atoms with Gasteiger partial charge < -0.3 is 20.4 Å². The van der Waals surface area contributed by atoms with Crippen LogP contribution < -0.4 is 0 Å². The predicted molar refractivity (Wildman–Crippen MR) is 88.8 cm³/mol. The predicted octanol–water partition coefficient (Wildman–Crippen LogP) is 2.90. The smallest absolute Gasteiger partial charge is 0.328 e. The van der Waals surface area contributed by atoms with E-state index in [1.165, 1.54) is 18.2 Å². The molecule has 0 radical (unpaired) electrons. The van der Waals surface area contributed by atoms with Gasteiger partial charge in [-0.05, 0) is 47.9 Å². The molecule has 0 aliphatic carbocycles. The lowest BCUT2D eigenvalue weighted by molar-refractivity contribution is -0.137. The van der Waals surface area contributed by atoms with Crippen molar-refractivity contribution >= 4 is 18.0 Å². The zero-order valence-electron chi connectivity index (χ0n) is 12.8. The molecule has 6 heteroatoms. The Morgan fingerprint density at radius 3 is 1.79 bits per heavy atom. The molecule has 0 unspecified atom stereocenters. The van der Waals surface area contributed by atoms with Crippen molar-refractivity contribution in [1.82, 2.24) is 0 Å². The number of phenolic OH excluding ortho intramolecular Hbond substituents is 2. The second-order valence-electron chi connectivity index (χ2n) is 4.82. The molecule has 0 fully saturated rings. The Kier molecular flexibility index (Phi) is 7.57. The van der Waals surface area contributed by atoms with Crippen LogP contribution in [0, 0.1) is 0 Å². The second kappa shape index (κ2) is 9.68. The number of hydrogen-bond acceptors (Lipinski definition) is 4. The van der Waals surface area contributed by atoms with Gasteiger partial charge in [0.1, 0.15) is 11.5 Å². The Morgan fingerprint density at radius 1 is 0.833 bits per heavy atom. The molecule has 0 bridgehead atoms. The number of rotatable bonds is 5.